The predicted molar refractivity (Wildman–Crippen MR) is 82.9 cm³/mol. The zero-order valence-electron chi connectivity index (χ0n) is 10.9. The molecule has 0 radical (unpaired) electrons. The Morgan fingerprint density at radius 1 is 1.50 bits per heavy atom. The molecular formula is C14H13ClN4S. The molecule has 0 bridgehead atoms. The van der Waals surface area contributed by atoms with Gasteiger partial charge >= 0.3 is 0 Å². The first-order chi connectivity index (χ1) is 9.76. The summed E-state index contributed by atoms with van der Waals surface area (Å²) in [4.78, 5) is 3.96. The van der Waals surface area contributed by atoms with Gasteiger partial charge in [-0.1, -0.05) is 29.8 Å². The van der Waals surface area contributed by atoms with E-state index in [2.05, 4.69) is 16.4 Å². The first-order valence-electron chi connectivity index (χ1n) is 5.93. The van der Waals surface area contributed by atoms with Gasteiger partial charge in [-0.15, -0.1) is 11.8 Å². The van der Waals surface area contributed by atoms with Crippen LogP contribution in [0.4, 0.5) is 0 Å². The molecule has 20 heavy (non-hydrogen) atoms. The van der Waals surface area contributed by atoms with Crippen molar-refractivity contribution in [2.75, 3.05) is 7.05 Å². The summed E-state index contributed by atoms with van der Waals surface area (Å²) in [5.74, 6) is 0.690. The normalized spacial score (nSPS) is 11.7. The molecule has 0 amide bonds. The lowest BCUT2D eigenvalue weighted by Crippen LogP contribution is -2.08. The summed E-state index contributed by atoms with van der Waals surface area (Å²) in [6.07, 6.45) is 4.99. The Hall–Kier alpha value is -1.90. The van der Waals surface area contributed by atoms with E-state index in [9.17, 15) is 5.26 Å². The molecule has 2 aromatic rings. The van der Waals surface area contributed by atoms with E-state index in [1.165, 1.54) is 11.8 Å². The fourth-order valence-electron chi connectivity index (χ4n) is 1.64. The maximum absolute atomic E-state index is 9.32. The van der Waals surface area contributed by atoms with E-state index in [1.54, 1.807) is 30.3 Å². The van der Waals surface area contributed by atoms with Crippen LogP contribution in [0.1, 0.15) is 5.56 Å². The molecule has 0 spiro atoms. The van der Waals surface area contributed by atoms with Crippen LogP contribution in [0.15, 0.2) is 48.0 Å². The molecule has 1 heterocycles. The van der Waals surface area contributed by atoms with E-state index in [1.807, 2.05) is 24.3 Å². The summed E-state index contributed by atoms with van der Waals surface area (Å²) in [5, 5.41) is 13.9. The number of rotatable bonds is 5. The van der Waals surface area contributed by atoms with Crippen molar-refractivity contribution in [2.24, 2.45) is 0 Å². The number of allylic oxidation sites excluding steroid dienone is 1. The summed E-state index contributed by atoms with van der Waals surface area (Å²) in [6, 6.07) is 9.88. The van der Waals surface area contributed by atoms with Crippen LogP contribution < -0.4 is 5.32 Å². The molecule has 0 aliphatic carbocycles. The van der Waals surface area contributed by atoms with Gasteiger partial charge in [0.15, 0.2) is 5.70 Å². The Morgan fingerprint density at radius 2 is 2.30 bits per heavy atom. The van der Waals surface area contributed by atoms with Gasteiger partial charge in [0.25, 0.3) is 0 Å². The van der Waals surface area contributed by atoms with Gasteiger partial charge in [-0.05, 0) is 11.6 Å². The third-order valence-corrected chi connectivity index (χ3v) is 4.15. The Kier molecular flexibility index (Phi) is 5.10. The van der Waals surface area contributed by atoms with Crippen LogP contribution in [-0.2, 0) is 5.75 Å². The minimum atomic E-state index is 0.516. The maximum Gasteiger partial charge on any atom is 0.155 e. The van der Waals surface area contributed by atoms with Crippen LogP contribution in [0.2, 0.25) is 5.02 Å². The highest BCUT2D eigenvalue weighted by atomic mass is 35.5. The van der Waals surface area contributed by atoms with Crippen molar-refractivity contribution in [2.45, 2.75) is 5.75 Å². The molecule has 6 heteroatoms. The molecule has 0 saturated carbocycles. The lowest BCUT2D eigenvalue weighted by Gasteiger charge is -2.10. The Bertz CT molecular complexity index is 643. The van der Waals surface area contributed by atoms with Gasteiger partial charge in [-0.3, -0.25) is 4.57 Å². The minimum Gasteiger partial charge on any atom is -0.381 e. The monoisotopic (exact) mass is 304 g/mol. The van der Waals surface area contributed by atoms with Crippen molar-refractivity contribution in [3.8, 4) is 6.07 Å². The van der Waals surface area contributed by atoms with Crippen molar-refractivity contribution in [3.63, 3.8) is 0 Å². The number of halogens is 1. The Balaban J connectivity index is 2.21. The molecule has 0 aliphatic rings. The van der Waals surface area contributed by atoms with E-state index >= 15 is 0 Å². The molecule has 0 unspecified atom stereocenters. The average Bonchev–Trinajstić information content (AvgIpc) is 2.99. The van der Waals surface area contributed by atoms with Gasteiger partial charge in [0.05, 0.1) is 6.33 Å². The summed E-state index contributed by atoms with van der Waals surface area (Å²) < 4.78 is 1.69. The van der Waals surface area contributed by atoms with E-state index in [4.69, 9.17) is 11.6 Å². The maximum atomic E-state index is 9.32. The van der Waals surface area contributed by atoms with Crippen molar-refractivity contribution in [1.29, 1.82) is 5.26 Å². The molecule has 2 rings (SSSR count). The van der Waals surface area contributed by atoms with Gasteiger partial charge in [-0.25, -0.2) is 4.98 Å². The minimum absolute atomic E-state index is 0.516. The first-order valence-corrected chi connectivity index (χ1v) is 7.29. The largest absolute Gasteiger partial charge is 0.381 e. The molecule has 0 atom stereocenters. The second-order valence-corrected chi connectivity index (χ2v) is 5.28. The molecular weight excluding hydrogens is 292 g/mol. The number of nitriles is 1. The number of nitrogens with zero attached hydrogens (tertiary/aromatic N) is 3. The van der Waals surface area contributed by atoms with Crippen LogP contribution in [-0.4, -0.2) is 16.6 Å². The lowest BCUT2D eigenvalue weighted by molar-refractivity contribution is 1.03. The third kappa shape index (κ3) is 3.35. The number of imidazole rings is 1. The topological polar surface area (TPSA) is 53.6 Å². The quantitative estimate of drug-likeness (QED) is 0.861. The summed E-state index contributed by atoms with van der Waals surface area (Å²) in [6.45, 7) is 0. The fraction of sp³-hybridized carbons (Fsp3) is 0.143. The second-order valence-electron chi connectivity index (χ2n) is 3.89. The molecule has 1 aromatic heterocycles. The number of thioether (sulfide) groups is 1. The predicted octanol–water partition coefficient (Wildman–Crippen LogP) is 3.34. The molecule has 1 N–H and O–H groups in total. The van der Waals surface area contributed by atoms with Gasteiger partial charge in [0.2, 0.25) is 0 Å². The standard InChI is InChI=1S/C14H13ClN4S/c1-17-14(13(8-16)19-7-6-18-10-19)20-9-11-4-2-3-5-12(11)15/h2-7,10,17H,9H2,1H3/b14-13-. The van der Waals surface area contributed by atoms with E-state index in [-0.39, 0.29) is 0 Å². The van der Waals surface area contributed by atoms with Gasteiger partial charge < -0.3 is 5.32 Å². The molecule has 0 fully saturated rings. The zero-order chi connectivity index (χ0) is 14.4. The van der Waals surface area contributed by atoms with Crippen molar-refractivity contribution in [3.05, 3.63) is 58.6 Å². The van der Waals surface area contributed by atoms with Crippen molar-refractivity contribution >= 4 is 29.1 Å². The Labute approximate surface area is 127 Å². The SMILES string of the molecule is CN/C(SCc1ccccc1Cl)=C(\C#N)n1ccnc1. The van der Waals surface area contributed by atoms with Crippen molar-refractivity contribution in [1.82, 2.24) is 14.9 Å². The first kappa shape index (κ1) is 14.5. The highest BCUT2D eigenvalue weighted by Crippen LogP contribution is 2.27. The number of benzene rings is 1. The number of hydrogen-bond donors (Lipinski definition) is 1. The second kappa shape index (κ2) is 7.04. The number of nitrogens with one attached hydrogen (secondary N) is 1. The molecule has 1 aromatic carbocycles. The molecule has 4 nitrogen and oxygen atoms in total. The Morgan fingerprint density at radius 3 is 2.90 bits per heavy atom. The van der Waals surface area contributed by atoms with Gasteiger partial charge in [-0.2, -0.15) is 5.26 Å². The van der Waals surface area contributed by atoms with Gasteiger partial charge in [0, 0.05) is 30.2 Å². The number of hydrogen-bond acceptors (Lipinski definition) is 4. The average molecular weight is 305 g/mol. The molecule has 0 saturated heterocycles. The van der Waals surface area contributed by atoms with Crippen LogP contribution >= 0.6 is 23.4 Å². The number of aromatic nitrogens is 2. The highest BCUT2D eigenvalue weighted by Gasteiger charge is 2.09. The van der Waals surface area contributed by atoms with E-state index in [0.717, 1.165) is 15.6 Å². The summed E-state index contributed by atoms with van der Waals surface area (Å²) in [7, 11) is 1.79. The van der Waals surface area contributed by atoms with Crippen LogP contribution in [0.3, 0.4) is 0 Å². The smallest absolute Gasteiger partial charge is 0.155 e. The summed E-state index contributed by atoms with van der Waals surface area (Å²) in [5.41, 5.74) is 1.55. The fourth-order valence-corrected chi connectivity index (χ4v) is 2.91. The zero-order valence-corrected chi connectivity index (χ0v) is 12.4. The van der Waals surface area contributed by atoms with Gasteiger partial charge in [0.1, 0.15) is 11.1 Å². The van der Waals surface area contributed by atoms with Crippen LogP contribution in [0.5, 0.6) is 0 Å². The van der Waals surface area contributed by atoms with Crippen molar-refractivity contribution < 1.29 is 0 Å². The lowest BCUT2D eigenvalue weighted by atomic mass is 10.2. The molecule has 102 valence electrons. The summed E-state index contributed by atoms with van der Waals surface area (Å²) >= 11 is 7.67. The van der Waals surface area contributed by atoms with E-state index in [0.29, 0.717) is 11.4 Å². The third-order valence-electron chi connectivity index (χ3n) is 2.64. The highest BCUT2D eigenvalue weighted by molar-refractivity contribution is 8.02. The van der Waals surface area contributed by atoms with Crippen LogP contribution in [0.25, 0.3) is 5.70 Å². The van der Waals surface area contributed by atoms with Crippen LogP contribution in [0, 0.1) is 11.3 Å². The molecule has 0 aliphatic heterocycles. The van der Waals surface area contributed by atoms with E-state index < -0.39 is 0 Å².